The Hall–Kier alpha value is -1.03. The molecule has 4 heteroatoms. The molecule has 1 aromatic rings. The maximum absolute atomic E-state index is 10.7. The summed E-state index contributed by atoms with van der Waals surface area (Å²) in [4.78, 5) is 10.7. The molecule has 0 aromatic heterocycles. The Morgan fingerprint density at radius 1 is 1.53 bits per heavy atom. The molecule has 0 amide bonds. The molecule has 0 fully saturated rings. The monoisotopic (exact) mass is 272 g/mol. The lowest BCUT2D eigenvalue weighted by molar-refractivity contribution is -0.136. The number of carboxylic acids is 1. The first kappa shape index (κ1) is 12.0. The average molecular weight is 273 g/mol. The van der Waals surface area contributed by atoms with Crippen molar-refractivity contribution in [3.8, 4) is 5.75 Å². The number of ether oxygens (including phenoxy) is 1. The number of rotatable bonds is 3. The molecular weight excluding hydrogens is 260 g/mol. The van der Waals surface area contributed by atoms with Crippen molar-refractivity contribution in [2.45, 2.75) is 20.3 Å². The van der Waals surface area contributed by atoms with Crippen LogP contribution in [0.4, 0.5) is 0 Å². The Bertz CT molecular complexity index is 399. The fourth-order valence-corrected chi connectivity index (χ4v) is 2.16. The maximum atomic E-state index is 10.7. The van der Waals surface area contributed by atoms with Crippen LogP contribution in [-0.4, -0.2) is 18.2 Å². The third-order valence-electron chi connectivity index (χ3n) is 2.35. The van der Waals surface area contributed by atoms with Crippen LogP contribution >= 0.6 is 15.9 Å². The van der Waals surface area contributed by atoms with E-state index in [1.165, 1.54) is 0 Å². The van der Waals surface area contributed by atoms with Gasteiger partial charge in [-0.05, 0) is 40.9 Å². The number of carbonyl (C=O) groups is 1. The first-order valence-electron chi connectivity index (χ1n) is 4.51. The molecule has 0 spiro atoms. The Kier molecular flexibility index (Phi) is 3.74. The molecule has 15 heavy (non-hydrogen) atoms. The number of hydrogen-bond acceptors (Lipinski definition) is 2. The minimum atomic E-state index is -0.858. The van der Waals surface area contributed by atoms with E-state index in [0.29, 0.717) is 11.3 Å². The predicted molar refractivity (Wildman–Crippen MR) is 61.5 cm³/mol. The zero-order valence-electron chi connectivity index (χ0n) is 8.93. The number of methoxy groups -OCH3 is 1. The lowest BCUT2D eigenvalue weighted by Crippen LogP contribution is -2.04. The van der Waals surface area contributed by atoms with Gasteiger partial charge in [0.05, 0.1) is 18.0 Å². The Balaban J connectivity index is 3.31. The summed E-state index contributed by atoms with van der Waals surface area (Å²) in [7, 11) is 1.54. The van der Waals surface area contributed by atoms with Gasteiger partial charge in [0.15, 0.2) is 0 Å². The minimum absolute atomic E-state index is 0.0249. The first-order chi connectivity index (χ1) is 6.97. The second kappa shape index (κ2) is 4.66. The standard InChI is InChI=1S/C11H13BrO3/c1-6-4-8(5-9(13)14)11(15-3)10(12)7(6)2/h4H,5H2,1-3H3,(H,13,14). The molecule has 0 aliphatic heterocycles. The van der Waals surface area contributed by atoms with Gasteiger partial charge in [0.2, 0.25) is 0 Å². The summed E-state index contributed by atoms with van der Waals surface area (Å²) in [6.45, 7) is 3.91. The summed E-state index contributed by atoms with van der Waals surface area (Å²) in [6.07, 6.45) is -0.0249. The lowest BCUT2D eigenvalue weighted by Gasteiger charge is -2.13. The fraction of sp³-hybridized carbons (Fsp3) is 0.364. The van der Waals surface area contributed by atoms with Crippen LogP contribution < -0.4 is 4.74 Å². The van der Waals surface area contributed by atoms with Gasteiger partial charge >= 0.3 is 5.97 Å². The zero-order chi connectivity index (χ0) is 11.6. The van der Waals surface area contributed by atoms with Gasteiger partial charge in [0.25, 0.3) is 0 Å². The van der Waals surface area contributed by atoms with Gasteiger partial charge < -0.3 is 9.84 Å². The van der Waals surface area contributed by atoms with Gasteiger partial charge in [-0.3, -0.25) is 4.79 Å². The fourth-order valence-electron chi connectivity index (χ4n) is 1.43. The molecule has 0 saturated heterocycles. The summed E-state index contributed by atoms with van der Waals surface area (Å²) in [5.41, 5.74) is 2.82. The van der Waals surface area contributed by atoms with Crippen molar-refractivity contribution >= 4 is 21.9 Å². The van der Waals surface area contributed by atoms with Crippen LogP contribution in [0.5, 0.6) is 5.75 Å². The highest BCUT2D eigenvalue weighted by Crippen LogP contribution is 2.34. The van der Waals surface area contributed by atoms with Gasteiger partial charge in [-0.1, -0.05) is 6.07 Å². The lowest BCUT2D eigenvalue weighted by atomic mass is 10.0. The van der Waals surface area contributed by atoms with Crippen molar-refractivity contribution in [2.75, 3.05) is 7.11 Å². The highest BCUT2D eigenvalue weighted by atomic mass is 79.9. The summed E-state index contributed by atoms with van der Waals surface area (Å²) in [5, 5.41) is 8.77. The minimum Gasteiger partial charge on any atom is -0.495 e. The van der Waals surface area contributed by atoms with E-state index in [0.717, 1.165) is 15.6 Å². The third kappa shape index (κ3) is 2.50. The molecule has 0 unspecified atom stereocenters. The third-order valence-corrected chi connectivity index (χ3v) is 3.30. The smallest absolute Gasteiger partial charge is 0.307 e. The highest BCUT2D eigenvalue weighted by Gasteiger charge is 2.14. The SMILES string of the molecule is COc1c(CC(=O)O)cc(C)c(C)c1Br. The summed E-state index contributed by atoms with van der Waals surface area (Å²) in [6, 6.07) is 1.85. The summed E-state index contributed by atoms with van der Waals surface area (Å²) in [5.74, 6) is -0.246. The van der Waals surface area contributed by atoms with E-state index in [-0.39, 0.29) is 6.42 Å². The number of hydrogen-bond donors (Lipinski definition) is 1. The highest BCUT2D eigenvalue weighted by molar-refractivity contribution is 9.10. The second-order valence-electron chi connectivity index (χ2n) is 3.40. The molecule has 0 aliphatic carbocycles. The van der Waals surface area contributed by atoms with E-state index >= 15 is 0 Å². The Labute approximate surface area is 97.2 Å². The second-order valence-corrected chi connectivity index (χ2v) is 4.19. The van der Waals surface area contributed by atoms with Gasteiger partial charge in [0, 0.05) is 5.56 Å². The topological polar surface area (TPSA) is 46.5 Å². The molecule has 1 aromatic carbocycles. The van der Waals surface area contributed by atoms with Crippen LogP contribution in [0.25, 0.3) is 0 Å². The molecule has 82 valence electrons. The predicted octanol–water partition coefficient (Wildman–Crippen LogP) is 2.70. The van der Waals surface area contributed by atoms with E-state index in [2.05, 4.69) is 15.9 Å². The van der Waals surface area contributed by atoms with E-state index in [1.54, 1.807) is 7.11 Å². The van der Waals surface area contributed by atoms with Crippen molar-refractivity contribution in [1.29, 1.82) is 0 Å². The first-order valence-corrected chi connectivity index (χ1v) is 5.31. The molecule has 0 atom stereocenters. The number of benzene rings is 1. The van der Waals surface area contributed by atoms with Crippen LogP contribution in [0, 0.1) is 13.8 Å². The van der Waals surface area contributed by atoms with Gasteiger partial charge in [-0.15, -0.1) is 0 Å². The molecule has 3 nitrogen and oxygen atoms in total. The molecule has 0 bridgehead atoms. The maximum Gasteiger partial charge on any atom is 0.307 e. The number of halogens is 1. The van der Waals surface area contributed by atoms with Crippen LogP contribution in [0.2, 0.25) is 0 Å². The molecule has 0 heterocycles. The van der Waals surface area contributed by atoms with Gasteiger partial charge in [-0.25, -0.2) is 0 Å². The molecule has 0 saturated carbocycles. The van der Waals surface area contributed by atoms with Crippen LogP contribution in [0.3, 0.4) is 0 Å². The van der Waals surface area contributed by atoms with E-state index in [9.17, 15) is 4.79 Å². The van der Waals surface area contributed by atoms with Crippen LogP contribution in [0.1, 0.15) is 16.7 Å². The normalized spacial score (nSPS) is 10.1. The quantitative estimate of drug-likeness (QED) is 0.921. The summed E-state index contributed by atoms with van der Waals surface area (Å²) >= 11 is 3.41. The van der Waals surface area contributed by atoms with Crippen molar-refractivity contribution in [1.82, 2.24) is 0 Å². The summed E-state index contributed by atoms with van der Waals surface area (Å²) < 4.78 is 6.04. The molecule has 1 N–H and O–H groups in total. The number of carboxylic acid groups (broad SMARTS) is 1. The number of aliphatic carboxylic acids is 1. The Morgan fingerprint density at radius 3 is 2.60 bits per heavy atom. The van der Waals surface area contributed by atoms with E-state index in [4.69, 9.17) is 9.84 Å². The van der Waals surface area contributed by atoms with Gasteiger partial charge in [0.1, 0.15) is 5.75 Å². The molecule has 0 aliphatic rings. The molecule has 1 rings (SSSR count). The van der Waals surface area contributed by atoms with Gasteiger partial charge in [-0.2, -0.15) is 0 Å². The van der Waals surface area contributed by atoms with Crippen LogP contribution in [-0.2, 0) is 11.2 Å². The molecule has 0 radical (unpaired) electrons. The number of aryl methyl sites for hydroxylation is 1. The van der Waals surface area contributed by atoms with Crippen molar-refractivity contribution in [3.63, 3.8) is 0 Å². The van der Waals surface area contributed by atoms with Crippen molar-refractivity contribution in [2.24, 2.45) is 0 Å². The van der Waals surface area contributed by atoms with Crippen molar-refractivity contribution < 1.29 is 14.6 Å². The van der Waals surface area contributed by atoms with E-state index < -0.39 is 5.97 Å². The van der Waals surface area contributed by atoms with Crippen molar-refractivity contribution in [3.05, 3.63) is 27.2 Å². The van der Waals surface area contributed by atoms with E-state index in [1.807, 2.05) is 19.9 Å². The largest absolute Gasteiger partial charge is 0.495 e. The van der Waals surface area contributed by atoms with Crippen LogP contribution in [0.15, 0.2) is 10.5 Å². The Morgan fingerprint density at radius 2 is 2.13 bits per heavy atom. The molecular formula is C11H13BrO3. The average Bonchev–Trinajstić information content (AvgIpc) is 2.14. The zero-order valence-corrected chi connectivity index (χ0v) is 10.5.